The summed E-state index contributed by atoms with van der Waals surface area (Å²) in [6.07, 6.45) is 2.73. The van der Waals surface area contributed by atoms with Crippen molar-refractivity contribution in [2.24, 2.45) is 0 Å². The number of nitrogens with zero attached hydrogens (tertiary/aromatic N) is 2. The molecular weight excluding hydrogens is 244 g/mol. The van der Waals surface area contributed by atoms with Crippen LogP contribution in [-0.4, -0.2) is 15.1 Å². The van der Waals surface area contributed by atoms with Crippen molar-refractivity contribution >= 4 is 22.4 Å². The number of aliphatic hydroxyl groups is 1. The van der Waals surface area contributed by atoms with Gasteiger partial charge in [-0.25, -0.2) is 0 Å². The van der Waals surface area contributed by atoms with Crippen molar-refractivity contribution in [1.82, 2.24) is 9.97 Å². The number of fused-ring (bicyclic) bond motifs is 1. The van der Waals surface area contributed by atoms with E-state index in [9.17, 15) is 5.11 Å². The summed E-state index contributed by atoms with van der Waals surface area (Å²) in [5.74, 6) is 0. The summed E-state index contributed by atoms with van der Waals surface area (Å²) in [7, 11) is 0. The van der Waals surface area contributed by atoms with Gasteiger partial charge in [0.15, 0.2) is 0 Å². The van der Waals surface area contributed by atoms with Crippen molar-refractivity contribution in [2.75, 3.05) is 0 Å². The fourth-order valence-electron chi connectivity index (χ4n) is 1.95. The Morgan fingerprint density at radius 3 is 2.56 bits per heavy atom. The second kappa shape index (κ2) is 4.48. The normalized spacial score (nSPS) is 12.8. The van der Waals surface area contributed by atoms with E-state index in [1.807, 2.05) is 36.6 Å². The number of aliphatic hydroxyl groups excluding tert-OH is 1. The molecule has 3 rings (SSSR count). The molecule has 0 aliphatic rings. The van der Waals surface area contributed by atoms with Gasteiger partial charge in [0.2, 0.25) is 0 Å². The second-order valence-electron chi connectivity index (χ2n) is 4.20. The first-order valence-electron chi connectivity index (χ1n) is 5.68. The topological polar surface area (TPSA) is 46.0 Å². The summed E-state index contributed by atoms with van der Waals surface area (Å²) < 4.78 is 0. The minimum Gasteiger partial charge on any atom is -0.384 e. The fraction of sp³-hybridized carbons (Fsp3) is 0.143. The average Bonchev–Trinajstić information content (AvgIpc) is 2.84. The summed E-state index contributed by atoms with van der Waals surface area (Å²) in [4.78, 5) is 9.67. The molecule has 4 heteroatoms. The summed E-state index contributed by atoms with van der Waals surface area (Å²) in [5.41, 5.74) is 3.43. The van der Waals surface area contributed by atoms with E-state index >= 15 is 0 Å². The standard InChI is InChI=1S/C14H12N2OS/c1-9-6-11(8-18-9)14(17)10-2-3-12-13(7-10)16-5-4-15-12/h2-8,14,17H,1H3. The minimum atomic E-state index is -0.596. The van der Waals surface area contributed by atoms with Gasteiger partial charge in [-0.1, -0.05) is 6.07 Å². The van der Waals surface area contributed by atoms with Crippen LogP contribution in [0.15, 0.2) is 42.0 Å². The van der Waals surface area contributed by atoms with Crippen LogP contribution in [0.1, 0.15) is 22.1 Å². The molecule has 1 atom stereocenters. The lowest BCUT2D eigenvalue weighted by atomic mass is 10.0. The van der Waals surface area contributed by atoms with Crippen LogP contribution in [-0.2, 0) is 0 Å². The van der Waals surface area contributed by atoms with Crippen molar-refractivity contribution in [2.45, 2.75) is 13.0 Å². The molecule has 1 aromatic carbocycles. The quantitative estimate of drug-likeness (QED) is 0.766. The Morgan fingerprint density at radius 1 is 1.06 bits per heavy atom. The summed E-state index contributed by atoms with van der Waals surface area (Å²) in [6, 6.07) is 7.69. The van der Waals surface area contributed by atoms with Crippen molar-refractivity contribution in [3.63, 3.8) is 0 Å². The third kappa shape index (κ3) is 2.00. The Balaban J connectivity index is 2.03. The Labute approximate surface area is 109 Å². The molecule has 3 nitrogen and oxygen atoms in total. The average molecular weight is 256 g/mol. The van der Waals surface area contributed by atoms with Crippen LogP contribution in [0.3, 0.4) is 0 Å². The zero-order valence-electron chi connectivity index (χ0n) is 9.87. The van der Waals surface area contributed by atoms with Crippen LogP contribution >= 0.6 is 11.3 Å². The number of thiophene rings is 1. The second-order valence-corrected chi connectivity index (χ2v) is 5.31. The summed E-state index contributed by atoms with van der Waals surface area (Å²) in [5, 5.41) is 12.3. The van der Waals surface area contributed by atoms with Gasteiger partial charge in [0.1, 0.15) is 6.10 Å². The number of hydrogen-bond donors (Lipinski definition) is 1. The van der Waals surface area contributed by atoms with Gasteiger partial charge in [0.05, 0.1) is 11.0 Å². The third-order valence-electron chi connectivity index (χ3n) is 2.88. The Morgan fingerprint density at radius 2 is 1.83 bits per heavy atom. The van der Waals surface area contributed by atoms with Crippen molar-refractivity contribution in [3.05, 3.63) is 58.0 Å². The minimum absolute atomic E-state index is 0.596. The van der Waals surface area contributed by atoms with E-state index in [1.165, 1.54) is 4.88 Å². The molecule has 3 aromatic rings. The van der Waals surface area contributed by atoms with Crippen LogP contribution in [0.5, 0.6) is 0 Å². The molecule has 1 N–H and O–H groups in total. The molecule has 90 valence electrons. The van der Waals surface area contributed by atoms with E-state index in [0.717, 1.165) is 22.2 Å². The number of aryl methyl sites for hydroxylation is 1. The van der Waals surface area contributed by atoms with Gasteiger partial charge in [-0.2, -0.15) is 0 Å². The molecule has 0 aliphatic carbocycles. The smallest absolute Gasteiger partial charge is 0.105 e. The van der Waals surface area contributed by atoms with Crippen LogP contribution in [0.25, 0.3) is 11.0 Å². The van der Waals surface area contributed by atoms with Crippen molar-refractivity contribution in [3.8, 4) is 0 Å². The van der Waals surface area contributed by atoms with Gasteiger partial charge in [0, 0.05) is 17.3 Å². The first-order valence-corrected chi connectivity index (χ1v) is 6.56. The molecule has 0 bridgehead atoms. The van der Waals surface area contributed by atoms with E-state index in [0.29, 0.717) is 0 Å². The van der Waals surface area contributed by atoms with Gasteiger partial charge in [-0.15, -0.1) is 11.3 Å². The monoisotopic (exact) mass is 256 g/mol. The van der Waals surface area contributed by atoms with Gasteiger partial charge < -0.3 is 5.11 Å². The Kier molecular flexibility index (Phi) is 2.81. The van der Waals surface area contributed by atoms with E-state index in [-0.39, 0.29) is 0 Å². The first kappa shape index (κ1) is 11.3. The molecule has 0 spiro atoms. The van der Waals surface area contributed by atoms with Gasteiger partial charge in [-0.05, 0) is 41.6 Å². The summed E-state index contributed by atoms with van der Waals surface area (Å²) >= 11 is 1.64. The number of benzene rings is 1. The highest BCUT2D eigenvalue weighted by molar-refractivity contribution is 7.10. The highest BCUT2D eigenvalue weighted by Crippen LogP contribution is 2.27. The molecule has 0 amide bonds. The molecule has 1 unspecified atom stereocenters. The third-order valence-corrected chi connectivity index (χ3v) is 3.76. The van der Waals surface area contributed by atoms with Gasteiger partial charge >= 0.3 is 0 Å². The molecule has 0 saturated carbocycles. The van der Waals surface area contributed by atoms with Crippen molar-refractivity contribution in [1.29, 1.82) is 0 Å². The SMILES string of the molecule is Cc1cc(C(O)c2ccc3nccnc3c2)cs1. The lowest BCUT2D eigenvalue weighted by Gasteiger charge is -2.09. The molecule has 18 heavy (non-hydrogen) atoms. The molecule has 0 saturated heterocycles. The van der Waals surface area contributed by atoms with Crippen LogP contribution < -0.4 is 0 Å². The predicted molar refractivity (Wildman–Crippen MR) is 72.7 cm³/mol. The lowest BCUT2D eigenvalue weighted by Crippen LogP contribution is -1.98. The molecule has 0 fully saturated rings. The van der Waals surface area contributed by atoms with E-state index < -0.39 is 6.10 Å². The highest BCUT2D eigenvalue weighted by Gasteiger charge is 2.12. The molecule has 2 heterocycles. The van der Waals surface area contributed by atoms with Gasteiger partial charge in [0.25, 0.3) is 0 Å². The maximum atomic E-state index is 10.3. The van der Waals surface area contributed by atoms with E-state index in [1.54, 1.807) is 23.7 Å². The highest BCUT2D eigenvalue weighted by atomic mass is 32.1. The largest absolute Gasteiger partial charge is 0.384 e. The maximum absolute atomic E-state index is 10.3. The Bertz CT molecular complexity index is 693. The van der Waals surface area contributed by atoms with Crippen LogP contribution in [0, 0.1) is 6.92 Å². The van der Waals surface area contributed by atoms with Crippen LogP contribution in [0.4, 0.5) is 0 Å². The van der Waals surface area contributed by atoms with Crippen LogP contribution in [0.2, 0.25) is 0 Å². The lowest BCUT2D eigenvalue weighted by molar-refractivity contribution is 0.221. The van der Waals surface area contributed by atoms with E-state index in [4.69, 9.17) is 0 Å². The maximum Gasteiger partial charge on any atom is 0.105 e. The molecule has 2 aromatic heterocycles. The zero-order chi connectivity index (χ0) is 12.5. The first-order chi connectivity index (χ1) is 8.74. The Hall–Kier alpha value is -1.78. The number of aromatic nitrogens is 2. The number of hydrogen-bond acceptors (Lipinski definition) is 4. The molecule has 0 aliphatic heterocycles. The molecule has 0 radical (unpaired) electrons. The fourth-order valence-corrected chi connectivity index (χ4v) is 2.67. The van der Waals surface area contributed by atoms with Crippen molar-refractivity contribution < 1.29 is 5.11 Å². The summed E-state index contributed by atoms with van der Waals surface area (Å²) in [6.45, 7) is 2.03. The number of rotatable bonds is 2. The molecular formula is C14H12N2OS. The van der Waals surface area contributed by atoms with Gasteiger partial charge in [-0.3, -0.25) is 9.97 Å². The zero-order valence-corrected chi connectivity index (χ0v) is 10.7. The van der Waals surface area contributed by atoms with E-state index in [2.05, 4.69) is 9.97 Å². The predicted octanol–water partition coefficient (Wildman–Crippen LogP) is 3.08.